The van der Waals surface area contributed by atoms with Crippen LogP contribution in [0.4, 0.5) is 0 Å². The minimum absolute atomic E-state index is 0.115. The summed E-state index contributed by atoms with van der Waals surface area (Å²) in [5.74, 6) is -7.28. The second kappa shape index (κ2) is 11.2. The summed E-state index contributed by atoms with van der Waals surface area (Å²) < 4.78 is 38.0. The zero-order chi connectivity index (χ0) is 26.7. The van der Waals surface area contributed by atoms with Crippen LogP contribution in [0, 0.1) is 11.8 Å². The summed E-state index contributed by atoms with van der Waals surface area (Å²) in [6.45, 7) is 3.94. The maximum Gasteiger partial charge on any atom is 0.312 e. The molecule has 0 amide bonds. The molecule has 14 nitrogen and oxygen atoms in total. The average Bonchev–Trinajstić information content (AvgIpc) is 2.75. The number of carboxylic acid groups (broad SMARTS) is 1. The SMILES string of the molecule is CC(=O)OC[C@H]1O[C@@H](O[C@H]2C[C@@H]3C[C@@H](C(=O)O)[C@H]2C(=O)O3)[C@H](OC(C)=O)[C@@H](OC(C)=O)[C@@H]1OC(C)=O. The van der Waals surface area contributed by atoms with Crippen LogP contribution in [0.5, 0.6) is 0 Å². The molecule has 0 radical (unpaired) electrons. The topological polar surface area (TPSA) is 187 Å². The summed E-state index contributed by atoms with van der Waals surface area (Å²) in [6.07, 6.45) is -8.50. The molecule has 0 aromatic heterocycles. The van der Waals surface area contributed by atoms with Crippen LogP contribution in [-0.4, -0.2) is 90.4 Å². The van der Waals surface area contributed by atoms with Gasteiger partial charge in [-0.15, -0.1) is 0 Å². The van der Waals surface area contributed by atoms with Crippen LogP contribution in [-0.2, 0) is 61.9 Å². The van der Waals surface area contributed by atoms with Crippen LogP contribution in [0.25, 0.3) is 0 Å². The predicted octanol–water partition coefficient (Wildman–Crippen LogP) is -0.509. The van der Waals surface area contributed by atoms with E-state index in [1.54, 1.807) is 0 Å². The van der Waals surface area contributed by atoms with E-state index in [0.29, 0.717) is 0 Å². The molecule has 36 heavy (non-hydrogen) atoms. The summed E-state index contributed by atoms with van der Waals surface area (Å²) in [7, 11) is 0. The Hall–Kier alpha value is -3.26. The van der Waals surface area contributed by atoms with Gasteiger partial charge in [0.05, 0.1) is 17.9 Å². The Balaban J connectivity index is 1.96. The fourth-order valence-electron chi connectivity index (χ4n) is 4.71. The molecule has 4 aliphatic rings. The van der Waals surface area contributed by atoms with Crippen molar-refractivity contribution in [2.75, 3.05) is 6.61 Å². The van der Waals surface area contributed by atoms with Gasteiger partial charge in [0, 0.05) is 34.1 Å². The smallest absolute Gasteiger partial charge is 0.312 e. The molecule has 3 heterocycles. The normalized spacial score (nSPS) is 35.2. The van der Waals surface area contributed by atoms with Gasteiger partial charge in [0.1, 0.15) is 18.8 Å². The maximum atomic E-state index is 12.4. The Bertz CT molecular complexity index is 914. The first kappa shape index (κ1) is 27.3. The minimum atomic E-state index is -1.52. The second-order valence-electron chi connectivity index (χ2n) is 8.74. The second-order valence-corrected chi connectivity index (χ2v) is 8.74. The molecule has 1 aliphatic carbocycles. The summed E-state index contributed by atoms with van der Waals surface area (Å²) >= 11 is 0. The van der Waals surface area contributed by atoms with Gasteiger partial charge in [-0.05, 0) is 6.42 Å². The molecule has 3 saturated heterocycles. The van der Waals surface area contributed by atoms with Crippen molar-refractivity contribution in [3.8, 4) is 0 Å². The van der Waals surface area contributed by atoms with Crippen molar-refractivity contribution in [3.63, 3.8) is 0 Å². The van der Waals surface area contributed by atoms with Gasteiger partial charge in [-0.25, -0.2) is 0 Å². The zero-order valence-electron chi connectivity index (χ0n) is 20.1. The Kier molecular flexibility index (Phi) is 8.51. The first-order valence-corrected chi connectivity index (χ1v) is 11.3. The van der Waals surface area contributed by atoms with Crippen molar-refractivity contribution < 1.29 is 67.0 Å². The number of ether oxygens (including phenoxy) is 7. The lowest BCUT2D eigenvalue weighted by molar-refractivity contribution is -0.327. The number of rotatable bonds is 8. The number of esters is 5. The number of fused-ring (bicyclic) bond motifs is 3. The molecule has 4 fully saturated rings. The molecule has 0 unspecified atom stereocenters. The lowest BCUT2D eigenvalue weighted by Gasteiger charge is -2.48. The van der Waals surface area contributed by atoms with E-state index in [1.165, 1.54) is 0 Å². The van der Waals surface area contributed by atoms with Crippen molar-refractivity contribution in [1.29, 1.82) is 0 Å². The van der Waals surface area contributed by atoms with Gasteiger partial charge in [-0.1, -0.05) is 0 Å². The zero-order valence-corrected chi connectivity index (χ0v) is 20.1. The molecule has 14 heteroatoms. The Morgan fingerprint density at radius 3 is 1.97 bits per heavy atom. The van der Waals surface area contributed by atoms with Crippen LogP contribution in [0.3, 0.4) is 0 Å². The highest BCUT2D eigenvalue weighted by Crippen LogP contribution is 2.42. The molecule has 0 aromatic carbocycles. The average molecular weight is 516 g/mol. The molecular weight excluding hydrogens is 488 g/mol. The highest BCUT2D eigenvalue weighted by Gasteiger charge is 2.57. The first-order valence-electron chi connectivity index (χ1n) is 11.3. The van der Waals surface area contributed by atoms with Gasteiger partial charge in [0.25, 0.3) is 0 Å². The van der Waals surface area contributed by atoms with Gasteiger partial charge in [-0.2, -0.15) is 0 Å². The Morgan fingerprint density at radius 1 is 0.861 bits per heavy atom. The van der Waals surface area contributed by atoms with Crippen LogP contribution in [0.1, 0.15) is 40.5 Å². The predicted molar refractivity (Wildman–Crippen MR) is 111 cm³/mol. The van der Waals surface area contributed by atoms with E-state index in [1.807, 2.05) is 0 Å². The third-order valence-electron chi connectivity index (χ3n) is 5.98. The van der Waals surface area contributed by atoms with E-state index in [2.05, 4.69) is 0 Å². The summed E-state index contributed by atoms with van der Waals surface area (Å²) in [6, 6.07) is 0. The lowest BCUT2D eigenvalue weighted by Crippen LogP contribution is -2.64. The highest BCUT2D eigenvalue weighted by atomic mass is 16.7. The number of carbonyl (C=O) groups is 6. The first-order chi connectivity index (χ1) is 16.9. The van der Waals surface area contributed by atoms with Crippen LogP contribution in [0.15, 0.2) is 0 Å². The molecule has 4 rings (SSSR count). The lowest BCUT2D eigenvalue weighted by atomic mass is 9.73. The van der Waals surface area contributed by atoms with E-state index >= 15 is 0 Å². The molecule has 1 saturated carbocycles. The standard InChI is InChI=1S/C22H28O14/c1-8(23)30-7-15-17(31-9(2)24)18(32-10(3)25)19(33-11(4)26)22(36-15)35-14-6-12-5-13(20(27)28)16(14)21(29)34-12/h12-19,22H,5-7H2,1-4H3,(H,27,28)/t12-,13+,14-,15+,16+,17+,18-,19+,22+/m0/s1. The van der Waals surface area contributed by atoms with Gasteiger partial charge in [0.15, 0.2) is 24.6 Å². The molecule has 3 aliphatic heterocycles. The molecular formula is C22H28O14. The maximum absolute atomic E-state index is 12.4. The molecule has 0 spiro atoms. The monoisotopic (exact) mass is 516 g/mol. The molecule has 200 valence electrons. The van der Waals surface area contributed by atoms with Crippen molar-refractivity contribution >= 4 is 35.8 Å². The van der Waals surface area contributed by atoms with Crippen LogP contribution >= 0.6 is 0 Å². The van der Waals surface area contributed by atoms with Crippen molar-refractivity contribution in [3.05, 3.63) is 0 Å². The fraction of sp³-hybridized carbons (Fsp3) is 0.727. The number of carboxylic acids is 1. The molecule has 0 aromatic rings. The highest BCUT2D eigenvalue weighted by molar-refractivity contribution is 5.83. The summed E-state index contributed by atoms with van der Waals surface area (Å²) in [5.41, 5.74) is 0. The van der Waals surface area contributed by atoms with Gasteiger partial charge < -0.3 is 38.3 Å². The van der Waals surface area contributed by atoms with E-state index in [-0.39, 0.29) is 12.8 Å². The quantitative estimate of drug-likeness (QED) is 0.321. The van der Waals surface area contributed by atoms with Crippen LogP contribution < -0.4 is 0 Å². The van der Waals surface area contributed by atoms with Crippen molar-refractivity contribution in [2.45, 2.75) is 83.5 Å². The van der Waals surface area contributed by atoms with E-state index in [0.717, 1.165) is 27.7 Å². The van der Waals surface area contributed by atoms with E-state index in [9.17, 15) is 33.9 Å². The summed E-state index contributed by atoms with van der Waals surface area (Å²) in [5, 5.41) is 9.58. The van der Waals surface area contributed by atoms with Crippen molar-refractivity contribution in [1.82, 2.24) is 0 Å². The largest absolute Gasteiger partial charge is 0.481 e. The van der Waals surface area contributed by atoms with Gasteiger partial charge >= 0.3 is 35.8 Å². The number of aliphatic carboxylic acids is 1. The third-order valence-corrected chi connectivity index (χ3v) is 5.98. The number of carbonyl (C=O) groups excluding carboxylic acids is 5. The van der Waals surface area contributed by atoms with Crippen LogP contribution in [0.2, 0.25) is 0 Å². The van der Waals surface area contributed by atoms with Gasteiger partial charge in [0.2, 0.25) is 0 Å². The molecule has 1 N–H and O–H groups in total. The Labute approximate surface area is 205 Å². The fourth-order valence-corrected chi connectivity index (χ4v) is 4.71. The molecule has 2 bridgehead atoms. The minimum Gasteiger partial charge on any atom is -0.481 e. The summed E-state index contributed by atoms with van der Waals surface area (Å²) in [4.78, 5) is 71.2. The number of hydrogen-bond donors (Lipinski definition) is 1. The van der Waals surface area contributed by atoms with Crippen molar-refractivity contribution in [2.24, 2.45) is 11.8 Å². The van der Waals surface area contributed by atoms with Gasteiger partial charge in [-0.3, -0.25) is 28.8 Å². The van der Waals surface area contributed by atoms with E-state index < -0.39 is 97.2 Å². The molecule has 9 atom stereocenters. The third kappa shape index (κ3) is 6.29. The Morgan fingerprint density at radius 2 is 1.44 bits per heavy atom. The number of hydrogen-bond acceptors (Lipinski definition) is 13. The van der Waals surface area contributed by atoms with E-state index in [4.69, 9.17) is 33.2 Å².